The third-order valence-electron chi connectivity index (χ3n) is 7.47. The average molecular weight is 600 g/mol. The molecule has 0 spiro atoms. The minimum atomic E-state index is -4.86. The van der Waals surface area contributed by atoms with Crippen molar-refractivity contribution in [2.75, 3.05) is 13.2 Å². The summed E-state index contributed by atoms with van der Waals surface area (Å²) in [5.74, 6) is -1.93. The standard InChI is InChI=1S/C31H60O7S.Na/c1-4-6-8-10-12-14-16-18-20-22-24-26-37-29(32)28-31(3,39(34,35)36)30(33)38-27-25-23-21-19-17-15-13-11-9-7-5-2;/h4-28H2,1-3H3,(H,34,35,36);. The molecule has 40 heavy (non-hydrogen) atoms. The van der Waals surface area contributed by atoms with Gasteiger partial charge >= 0.3 is 11.9 Å². The van der Waals surface area contributed by atoms with Gasteiger partial charge in [0.05, 0.1) is 19.6 Å². The SMILES string of the molecule is CCCCCCCCCCCCCOC(=O)CC(C)(C(=O)OCCCCCCCCCCCCC)S(=O)(=O)O.[Na]. The van der Waals surface area contributed by atoms with Crippen molar-refractivity contribution in [2.45, 2.75) is 173 Å². The van der Waals surface area contributed by atoms with Crippen molar-refractivity contribution in [3.05, 3.63) is 0 Å². The number of unbranched alkanes of at least 4 members (excludes halogenated alkanes) is 20. The van der Waals surface area contributed by atoms with Crippen LogP contribution in [0.25, 0.3) is 0 Å². The van der Waals surface area contributed by atoms with Crippen LogP contribution in [-0.4, -0.2) is 72.4 Å². The molecule has 0 aliphatic rings. The molecule has 0 aliphatic heterocycles. The molecule has 233 valence electrons. The maximum Gasteiger partial charge on any atom is 0.330 e. The Hall–Kier alpha value is -0.150. The summed E-state index contributed by atoms with van der Waals surface area (Å²) in [5.41, 5.74) is 0. The molecule has 0 aromatic carbocycles. The average Bonchev–Trinajstić information content (AvgIpc) is 2.89. The Kier molecular flexibility index (Phi) is 29.0. The van der Waals surface area contributed by atoms with Gasteiger partial charge in [0.15, 0.2) is 0 Å². The van der Waals surface area contributed by atoms with Crippen molar-refractivity contribution in [1.82, 2.24) is 0 Å². The van der Waals surface area contributed by atoms with Crippen LogP contribution < -0.4 is 0 Å². The van der Waals surface area contributed by atoms with Crippen LogP contribution in [0.1, 0.15) is 168 Å². The Labute approximate surface area is 268 Å². The van der Waals surface area contributed by atoms with Gasteiger partial charge in [-0.25, -0.2) is 0 Å². The molecule has 1 N–H and O–H groups in total. The van der Waals surface area contributed by atoms with Gasteiger partial charge in [-0.15, -0.1) is 0 Å². The smallest absolute Gasteiger partial charge is 0.330 e. The summed E-state index contributed by atoms with van der Waals surface area (Å²) in [6, 6.07) is 0. The summed E-state index contributed by atoms with van der Waals surface area (Å²) in [5, 5.41) is 0. The molecule has 0 fully saturated rings. The minimum absolute atomic E-state index is 0. The Bertz CT molecular complexity index is 714. The van der Waals surface area contributed by atoms with Crippen LogP contribution in [0.5, 0.6) is 0 Å². The molecule has 9 heteroatoms. The molecule has 0 aromatic rings. The van der Waals surface area contributed by atoms with E-state index in [0.717, 1.165) is 45.4 Å². The zero-order chi connectivity index (χ0) is 29.2. The van der Waals surface area contributed by atoms with Crippen LogP contribution in [-0.2, 0) is 29.2 Å². The predicted octanol–water partition coefficient (Wildman–Crippen LogP) is 8.35. The van der Waals surface area contributed by atoms with Crippen molar-refractivity contribution in [2.24, 2.45) is 0 Å². The van der Waals surface area contributed by atoms with E-state index in [4.69, 9.17) is 9.47 Å². The number of hydrogen-bond donors (Lipinski definition) is 1. The largest absolute Gasteiger partial charge is 0.466 e. The van der Waals surface area contributed by atoms with Crippen molar-refractivity contribution < 1.29 is 32.0 Å². The van der Waals surface area contributed by atoms with Gasteiger partial charge in [-0.1, -0.05) is 142 Å². The molecule has 1 atom stereocenters. The van der Waals surface area contributed by atoms with Gasteiger partial charge in [-0.05, 0) is 19.8 Å². The van der Waals surface area contributed by atoms with E-state index >= 15 is 0 Å². The Morgan fingerprint density at radius 3 is 1.20 bits per heavy atom. The first-order valence-electron chi connectivity index (χ1n) is 16.0. The summed E-state index contributed by atoms with van der Waals surface area (Å²) >= 11 is 0. The minimum Gasteiger partial charge on any atom is -0.466 e. The summed E-state index contributed by atoms with van der Waals surface area (Å²) < 4.78 is 41.6. The van der Waals surface area contributed by atoms with Crippen molar-refractivity contribution in [1.29, 1.82) is 0 Å². The fourth-order valence-electron chi connectivity index (χ4n) is 4.63. The summed E-state index contributed by atoms with van der Waals surface area (Å²) in [4.78, 5) is 24.8. The van der Waals surface area contributed by atoms with E-state index in [1.165, 1.54) is 89.9 Å². The molecule has 0 aromatic heterocycles. The van der Waals surface area contributed by atoms with Gasteiger partial charge in [0, 0.05) is 29.6 Å². The molecule has 0 heterocycles. The summed E-state index contributed by atoms with van der Waals surface area (Å²) in [7, 11) is -4.86. The molecule has 0 aliphatic carbocycles. The maximum absolute atomic E-state index is 12.5. The number of hydrogen-bond acceptors (Lipinski definition) is 6. The van der Waals surface area contributed by atoms with Gasteiger partial charge < -0.3 is 9.47 Å². The molecule has 0 amide bonds. The Morgan fingerprint density at radius 1 is 0.575 bits per heavy atom. The summed E-state index contributed by atoms with van der Waals surface area (Å²) in [6.45, 7) is 5.70. The quantitative estimate of drug-likeness (QED) is 0.0417. The fourth-order valence-corrected chi connectivity index (χ4v) is 5.20. The van der Waals surface area contributed by atoms with Crippen LogP contribution in [0.2, 0.25) is 0 Å². The summed E-state index contributed by atoms with van der Waals surface area (Å²) in [6.07, 6.45) is 24.7. The van der Waals surface area contributed by atoms with Crippen LogP contribution in [0.15, 0.2) is 0 Å². The van der Waals surface area contributed by atoms with E-state index in [1.807, 2.05) is 0 Å². The first kappa shape index (κ1) is 42.0. The van der Waals surface area contributed by atoms with Gasteiger partial charge in [0.25, 0.3) is 10.1 Å². The van der Waals surface area contributed by atoms with Crippen molar-refractivity contribution in [3.8, 4) is 0 Å². The second-order valence-corrected chi connectivity index (χ2v) is 13.2. The van der Waals surface area contributed by atoms with E-state index in [-0.39, 0.29) is 42.8 Å². The van der Waals surface area contributed by atoms with E-state index in [1.54, 1.807) is 0 Å². The zero-order valence-electron chi connectivity index (χ0n) is 26.5. The fraction of sp³-hybridized carbons (Fsp3) is 0.935. The molecule has 0 bridgehead atoms. The van der Waals surface area contributed by atoms with Crippen molar-refractivity contribution in [3.63, 3.8) is 0 Å². The van der Waals surface area contributed by atoms with E-state index < -0.39 is 33.2 Å². The molecule has 1 radical (unpaired) electrons. The topological polar surface area (TPSA) is 107 Å². The van der Waals surface area contributed by atoms with Crippen LogP contribution in [0, 0.1) is 0 Å². The third kappa shape index (κ3) is 22.4. The number of ether oxygens (including phenoxy) is 2. The van der Waals surface area contributed by atoms with Gasteiger partial charge in [0.2, 0.25) is 4.75 Å². The monoisotopic (exact) mass is 599 g/mol. The van der Waals surface area contributed by atoms with Gasteiger partial charge in [0.1, 0.15) is 0 Å². The third-order valence-corrected chi connectivity index (χ3v) is 8.92. The predicted molar refractivity (Wildman–Crippen MR) is 165 cm³/mol. The van der Waals surface area contributed by atoms with Crippen molar-refractivity contribution >= 4 is 51.6 Å². The molecule has 7 nitrogen and oxygen atoms in total. The number of esters is 2. The van der Waals surface area contributed by atoms with Crippen LogP contribution in [0.3, 0.4) is 0 Å². The van der Waals surface area contributed by atoms with E-state index in [9.17, 15) is 22.6 Å². The second kappa shape index (κ2) is 27.7. The second-order valence-electron chi connectivity index (χ2n) is 11.3. The van der Waals surface area contributed by atoms with Gasteiger partial charge in [-0.2, -0.15) is 8.42 Å². The zero-order valence-corrected chi connectivity index (χ0v) is 29.3. The number of rotatable bonds is 28. The molecule has 0 saturated heterocycles. The van der Waals surface area contributed by atoms with E-state index in [0.29, 0.717) is 12.8 Å². The Morgan fingerprint density at radius 2 is 0.875 bits per heavy atom. The molecule has 1 unspecified atom stereocenters. The van der Waals surface area contributed by atoms with E-state index in [2.05, 4.69) is 13.8 Å². The normalized spacial score (nSPS) is 12.9. The number of carbonyl (C=O) groups is 2. The maximum atomic E-state index is 12.5. The first-order chi connectivity index (χ1) is 18.7. The van der Waals surface area contributed by atoms with Crippen LogP contribution in [0.4, 0.5) is 0 Å². The Balaban J connectivity index is 0. The molecular formula is C31H60NaO7S. The molecular weight excluding hydrogens is 539 g/mol. The molecule has 0 rings (SSSR count). The van der Waals surface area contributed by atoms with Gasteiger partial charge in [-0.3, -0.25) is 14.1 Å². The molecule has 0 saturated carbocycles. The number of carbonyl (C=O) groups excluding carboxylic acids is 2. The van der Waals surface area contributed by atoms with Crippen LogP contribution >= 0.6 is 0 Å². The first-order valence-corrected chi connectivity index (χ1v) is 17.4.